The number of nitrogens with one attached hydrogen (secondary N) is 1. The number of fused-ring (bicyclic) bond motifs is 1. The Hall–Kier alpha value is -2.19. The van der Waals surface area contributed by atoms with E-state index in [9.17, 15) is 4.55 Å². The lowest BCUT2D eigenvalue weighted by Crippen LogP contribution is -2.42. The Morgan fingerprint density at radius 3 is 2.61 bits per heavy atom. The van der Waals surface area contributed by atoms with Gasteiger partial charge in [0.25, 0.3) is 0 Å². The van der Waals surface area contributed by atoms with Crippen LogP contribution in [0.4, 0.5) is 0 Å². The molecule has 160 valence electrons. The average Bonchev–Trinajstić information content (AvgIpc) is 3.16. The maximum Gasteiger partial charge on any atom is 0.167 e. The summed E-state index contributed by atoms with van der Waals surface area (Å²) in [5.41, 5.74) is 4.37. The van der Waals surface area contributed by atoms with Gasteiger partial charge in [0.05, 0.1) is 6.04 Å². The first kappa shape index (κ1) is 22.0. The summed E-state index contributed by atoms with van der Waals surface area (Å²) in [4.78, 5) is 4.51. The quantitative estimate of drug-likeness (QED) is 0.331. The van der Waals surface area contributed by atoms with Crippen molar-refractivity contribution in [3.05, 3.63) is 82.6 Å². The van der Waals surface area contributed by atoms with Crippen molar-refractivity contribution in [1.82, 2.24) is 14.9 Å². The molecule has 0 radical (unpaired) electrons. The number of aromatic nitrogens is 2. The molecule has 0 amide bonds. The molecule has 2 atom stereocenters. The molecule has 0 aliphatic carbocycles. The molecule has 0 aliphatic rings. The van der Waals surface area contributed by atoms with Crippen LogP contribution in [0.5, 0.6) is 0 Å². The van der Waals surface area contributed by atoms with Gasteiger partial charge in [-0.3, -0.25) is 4.98 Å². The molecule has 0 spiro atoms. The zero-order valence-corrected chi connectivity index (χ0v) is 20.0. The second-order valence-corrected chi connectivity index (χ2v) is 11.2. The third kappa shape index (κ3) is 5.01. The summed E-state index contributed by atoms with van der Waals surface area (Å²) in [6.45, 7) is 5.88. The van der Waals surface area contributed by atoms with Gasteiger partial charge in [0.1, 0.15) is 10.4 Å². The van der Waals surface area contributed by atoms with Gasteiger partial charge in [-0.2, -0.15) is 0 Å². The third-order valence-corrected chi connectivity index (χ3v) is 7.07. The number of halogens is 1. The van der Waals surface area contributed by atoms with Crippen LogP contribution in [0.25, 0.3) is 22.2 Å². The second kappa shape index (κ2) is 9.12. The maximum atomic E-state index is 13.1. The molecule has 31 heavy (non-hydrogen) atoms. The maximum absolute atomic E-state index is 13.1. The fourth-order valence-corrected chi connectivity index (χ4v) is 4.59. The Kier molecular flexibility index (Phi) is 6.48. The van der Waals surface area contributed by atoms with E-state index in [0.29, 0.717) is 6.42 Å². The number of benzene rings is 2. The van der Waals surface area contributed by atoms with Crippen molar-refractivity contribution >= 4 is 38.3 Å². The van der Waals surface area contributed by atoms with Crippen molar-refractivity contribution in [2.75, 3.05) is 0 Å². The molecule has 7 heteroatoms. The van der Waals surface area contributed by atoms with Crippen LogP contribution in [-0.2, 0) is 17.8 Å². The van der Waals surface area contributed by atoms with E-state index in [1.807, 2.05) is 81.4 Å². The molecule has 0 saturated carbocycles. The van der Waals surface area contributed by atoms with Crippen molar-refractivity contribution < 1.29 is 9.08 Å². The van der Waals surface area contributed by atoms with E-state index in [1.54, 1.807) is 6.20 Å². The summed E-state index contributed by atoms with van der Waals surface area (Å²) in [5, 5.41) is 5.31. The number of nitrogens with zero attached hydrogens (tertiary/aromatic N) is 2. The molecule has 2 aromatic carbocycles. The Bertz CT molecular complexity index is 1190. The lowest BCUT2D eigenvalue weighted by molar-refractivity contribution is 0.459. The molecule has 5 nitrogen and oxygen atoms in total. The van der Waals surface area contributed by atoms with E-state index in [2.05, 4.69) is 30.8 Å². The first-order valence-electron chi connectivity index (χ1n) is 10.0. The van der Waals surface area contributed by atoms with Gasteiger partial charge >= 0.3 is 0 Å². The van der Waals surface area contributed by atoms with Gasteiger partial charge < -0.3 is 9.08 Å². The third-order valence-electron chi connectivity index (χ3n) is 4.97. The van der Waals surface area contributed by atoms with E-state index < -0.39 is 16.1 Å². The van der Waals surface area contributed by atoms with Crippen molar-refractivity contribution in [1.29, 1.82) is 0 Å². The summed E-state index contributed by atoms with van der Waals surface area (Å²) in [6, 6.07) is 19.5. The van der Waals surface area contributed by atoms with E-state index in [-0.39, 0.29) is 6.04 Å². The van der Waals surface area contributed by atoms with Crippen LogP contribution < -0.4 is 4.72 Å². The average molecular weight is 498 g/mol. The normalized spacial score (nSPS) is 14.0. The number of rotatable bonds is 6. The lowest BCUT2D eigenvalue weighted by Gasteiger charge is -2.29. The predicted molar refractivity (Wildman–Crippen MR) is 129 cm³/mol. The highest BCUT2D eigenvalue weighted by Gasteiger charge is 2.31. The summed E-state index contributed by atoms with van der Waals surface area (Å²) in [7, 11) is 0. The minimum absolute atomic E-state index is 0.228. The van der Waals surface area contributed by atoms with Gasteiger partial charge in [0, 0.05) is 45.1 Å². The summed E-state index contributed by atoms with van der Waals surface area (Å²) >= 11 is 2.26. The van der Waals surface area contributed by atoms with Crippen molar-refractivity contribution in [3.63, 3.8) is 0 Å². The molecule has 2 heterocycles. The van der Waals surface area contributed by atoms with E-state index >= 15 is 0 Å². The molecule has 2 aromatic heterocycles. The van der Waals surface area contributed by atoms with Crippen molar-refractivity contribution in [2.45, 2.75) is 38.0 Å². The Morgan fingerprint density at radius 1 is 1.10 bits per heavy atom. The standard InChI is InChI=1S/C24H24BrN3O2S/c1-24(2,3)31(29)28-21(15-17-14-16(25)12-13-26-17)18-8-4-5-9-19(18)23-20-10-6-7-11-22(20)30-27-23/h4-14,21,28H,15H2,1-3H3. The van der Waals surface area contributed by atoms with E-state index in [0.717, 1.165) is 38.0 Å². The smallest absolute Gasteiger partial charge is 0.167 e. The Balaban J connectivity index is 1.79. The van der Waals surface area contributed by atoms with Crippen LogP contribution in [0, 0.1) is 0 Å². The summed E-state index contributed by atoms with van der Waals surface area (Å²) in [5.74, 6) is 0. The highest BCUT2D eigenvalue weighted by molar-refractivity contribution is 9.10. The van der Waals surface area contributed by atoms with Gasteiger partial charge in [0.2, 0.25) is 0 Å². The molecular weight excluding hydrogens is 474 g/mol. The number of hydrogen-bond donors (Lipinski definition) is 1. The largest absolute Gasteiger partial charge is 0.598 e. The van der Waals surface area contributed by atoms with Gasteiger partial charge in [-0.15, -0.1) is 4.72 Å². The number of hydrogen-bond acceptors (Lipinski definition) is 5. The van der Waals surface area contributed by atoms with Crippen molar-refractivity contribution in [2.24, 2.45) is 0 Å². The highest BCUT2D eigenvalue weighted by atomic mass is 79.9. The van der Waals surface area contributed by atoms with Crippen LogP contribution in [0.1, 0.15) is 38.1 Å². The molecule has 2 unspecified atom stereocenters. The minimum atomic E-state index is -1.26. The SMILES string of the molecule is CC(C)(C)[S+]([O-])NC(Cc1cc(Br)ccn1)c1ccccc1-c1noc2ccccc12. The monoisotopic (exact) mass is 497 g/mol. The molecular formula is C24H24BrN3O2S. The van der Waals surface area contributed by atoms with Crippen LogP contribution in [0.3, 0.4) is 0 Å². The molecule has 0 saturated heterocycles. The minimum Gasteiger partial charge on any atom is -0.598 e. The predicted octanol–water partition coefficient (Wildman–Crippen LogP) is 5.99. The molecule has 0 fully saturated rings. The topological polar surface area (TPSA) is 74.0 Å². The van der Waals surface area contributed by atoms with E-state index in [4.69, 9.17) is 4.52 Å². The van der Waals surface area contributed by atoms with Crippen LogP contribution >= 0.6 is 15.9 Å². The van der Waals surface area contributed by atoms with Crippen LogP contribution in [0.2, 0.25) is 0 Å². The van der Waals surface area contributed by atoms with Crippen LogP contribution in [0.15, 0.2) is 75.9 Å². The van der Waals surface area contributed by atoms with Gasteiger partial charge in [-0.05, 0) is 50.6 Å². The van der Waals surface area contributed by atoms with Gasteiger partial charge in [0.15, 0.2) is 5.58 Å². The molecule has 4 rings (SSSR count). The molecule has 1 N–H and O–H groups in total. The van der Waals surface area contributed by atoms with Gasteiger partial charge in [-0.1, -0.05) is 57.5 Å². The second-order valence-electron chi connectivity index (χ2n) is 8.34. The Morgan fingerprint density at radius 2 is 1.84 bits per heavy atom. The lowest BCUT2D eigenvalue weighted by atomic mass is 9.94. The van der Waals surface area contributed by atoms with E-state index in [1.165, 1.54) is 0 Å². The molecule has 0 aliphatic heterocycles. The first-order valence-corrected chi connectivity index (χ1v) is 12.0. The first-order chi connectivity index (χ1) is 14.8. The van der Waals surface area contributed by atoms with Gasteiger partial charge in [-0.25, -0.2) is 0 Å². The molecule has 4 aromatic rings. The summed E-state index contributed by atoms with van der Waals surface area (Å²) in [6.07, 6.45) is 2.35. The summed E-state index contributed by atoms with van der Waals surface area (Å²) < 4.78 is 22.5. The number of pyridine rings is 1. The van der Waals surface area contributed by atoms with Crippen molar-refractivity contribution in [3.8, 4) is 11.3 Å². The molecule has 0 bridgehead atoms. The fraction of sp³-hybridized carbons (Fsp3) is 0.250. The van der Waals surface area contributed by atoms with Crippen LogP contribution in [-0.4, -0.2) is 19.4 Å². The zero-order chi connectivity index (χ0) is 22.0. The Labute approximate surface area is 193 Å². The zero-order valence-electron chi connectivity index (χ0n) is 17.6. The highest BCUT2D eigenvalue weighted by Crippen LogP contribution is 2.35. The fourth-order valence-electron chi connectivity index (χ4n) is 3.39. The number of para-hydroxylation sites is 1.